The third-order valence-corrected chi connectivity index (χ3v) is 3.33. The average Bonchev–Trinajstić information content (AvgIpc) is 2.40. The third-order valence-electron chi connectivity index (χ3n) is 3.11. The van der Waals surface area contributed by atoms with Crippen molar-refractivity contribution in [1.29, 1.82) is 0 Å². The predicted octanol–water partition coefficient (Wildman–Crippen LogP) is 1.29. The zero-order valence-corrected chi connectivity index (χ0v) is 12.5. The lowest BCUT2D eigenvalue weighted by Crippen LogP contribution is -2.39. The molecule has 7 heteroatoms. The molecule has 21 heavy (non-hydrogen) atoms. The molecular formula is C14H16ClN3O3. The van der Waals surface area contributed by atoms with Gasteiger partial charge in [-0.25, -0.2) is 9.36 Å². The first-order valence-corrected chi connectivity index (χ1v) is 6.71. The van der Waals surface area contributed by atoms with Crippen LogP contribution in [0.2, 0.25) is 5.02 Å². The van der Waals surface area contributed by atoms with Crippen molar-refractivity contribution in [3.05, 3.63) is 61.4 Å². The van der Waals surface area contributed by atoms with Crippen LogP contribution in [0.5, 0.6) is 5.75 Å². The summed E-state index contributed by atoms with van der Waals surface area (Å²) in [6.07, 6.45) is 1.31. The van der Waals surface area contributed by atoms with Gasteiger partial charge in [0.15, 0.2) is 0 Å². The van der Waals surface area contributed by atoms with Crippen LogP contribution in [-0.4, -0.2) is 26.6 Å². The van der Waals surface area contributed by atoms with E-state index in [0.717, 1.165) is 4.57 Å². The van der Waals surface area contributed by atoms with Crippen LogP contribution in [-0.2, 0) is 13.2 Å². The molecule has 6 nitrogen and oxygen atoms in total. The Morgan fingerprint density at radius 3 is 2.76 bits per heavy atom. The molecule has 2 aromatic rings. The summed E-state index contributed by atoms with van der Waals surface area (Å²) in [4.78, 5) is 27.4. The monoisotopic (exact) mass is 309 g/mol. The lowest BCUT2D eigenvalue weighted by atomic mass is 10.1. The third kappa shape index (κ3) is 3.53. The minimum absolute atomic E-state index is 0.111. The van der Waals surface area contributed by atoms with Gasteiger partial charge in [-0.15, -0.1) is 0 Å². The summed E-state index contributed by atoms with van der Waals surface area (Å²) in [5.74, 6) is 0.167. The highest BCUT2D eigenvalue weighted by Gasteiger charge is 2.10. The van der Waals surface area contributed by atoms with Gasteiger partial charge in [-0.1, -0.05) is 11.6 Å². The molecule has 0 spiro atoms. The van der Waals surface area contributed by atoms with Gasteiger partial charge in [-0.2, -0.15) is 0 Å². The van der Waals surface area contributed by atoms with Gasteiger partial charge in [-0.3, -0.25) is 9.69 Å². The minimum atomic E-state index is -0.471. The van der Waals surface area contributed by atoms with Crippen LogP contribution in [0.3, 0.4) is 0 Å². The minimum Gasteiger partial charge on any atom is -0.507 e. The maximum Gasteiger partial charge on any atom is 0.329 e. The maximum atomic E-state index is 11.6. The molecule has 0 aliphatic rings. The van der Waals surface area contributed by atoms with Crippen molar-refractivity contribution in [3.8, 4) is 5.75 Å². The number of halogens is 1. The number of rotatable bonds is 4. The van der Waals surface area contributed by atoms with E-state index in [9.17, 15) is 14.7 Å². The van der Waals surface area contributed by atoms with Crippen LogP contribution in [0.1, 0.15) is 11.1 Å². The standard InChI is InChI=1S/C14H16ClN3O3/c1-9-5-11(15)6-10(13(9)20)7-17(2)8-18-12(19)3-4-16-14(18)21/h3-6,20H,7-8H2,1-2H3,(H,16,21). The molecule has 0 saturated carbocycles. The SMILES string of the molecule is Cc1cc(Cl)cc(CN(C)Cn2c(=O)cc[nH]c2=O)c1O. The maximum absolute atomic E-state index is 11.6. The molecule has 0 bridgehead atoms. The Kier molecular flexibility index (Phi) is 4.50. The molecule has 2 N–H and O–H groups in total. The van der Waals surface area contributed by atoms with E-state index in [0.29, 0.717) is 22.7 Å². The normalized spacial score (nSPS) is 11.0. The van der Waals surface area contributed by atoms with Crippen LogP contribution < -0.4 is 11.2 Å². The quantitative estimate of drug-likeness (QED) is 0.892. The second kappa shape index (κ2) is 6.15. The van der Waals surface area contributed by atoms with E-state index in [1.807, 2.05) is 0 Å². The van der Waals surface area contributed by atoms with Gasteiger partial charge in [0.1, 0.15) is 5.75 Å². The van der Waals surface area contributed by atoms with Crippen LogP contribution >= 0.6 is 11.6 Å². The number of phenolic OH excluding ortho intramolecular Hbond substituents is 1. The molecule has 112 valence electrons. The fourth-order valence-electron chi connectivity index (χ4n) is 2.09. The predicted molar refractivity (Wildman–Crippen MR) is 80.6 cm³/mol. The van der Waals surface area contributed by atoms with Crippen LogP contribution in [0, 0.1) is 6.92 Å². The van der Waals surface area contributed by atoms with E-state index in [4.69, 9.17) is 11.6 Å². The molecule has 0 fully saturated rings. The molecule has 1 aromatic heterocycles. The summed E-state index contributed by atoms with van der Waals surface area (Å²) in [6.45, 7) is 2.23. The van der Waals surface area contributed by atoms with Crippen molar-refractivity contribution in [2.45, 2.75) is 20.1 Å². The Labute approximate surface area is 126 Å². The highest BCUT2D eigenvalue weighted by Crippen LogP contribution is 2.27. The largest absolute Gasteiger partial charge is 0.507 e. The summed E-state index contributed by atoms with van der Waals surface area (Å²) in [5, 5.41) is 10.6. The number of H-pyrrole nitrogens is 1. The molecule has 0 aliphatic heterocycles. The molecule has 0 aliphatic carbocycles. The van der Waals surface area contributed by atoms with Crippen molar-refractivity contribution in [2.24, 2.45) is 0 Å². The molecule has 0 saturated heterocycles. The second-order valence-electron chi connectivity index (χ2n) is 4.94. The molecule has 1 heterocycles. The van der Waals surface area contributed by atoms with Crippen molar-refractivity contribution in [1.82, 2.24) is 14.5 Å². The van der Waals surface area contributed by atoms with Crippen molar-refractivity contribution >= 4 is 11.6 Å². The number of nitrogens with one attached hydrogen (secondary N) is 1. The second-order valence-corrected chi connectivity index (χ2v) is 5.37. The average molecular weight is 310 g/mol. The summed E-state index contributed by atoms with van der Waals surface area (Å²) >= 11 is 5.98. The molecule has 0 radical (unpaired) electrons. The Bertz CT molecular complexity index is 739. The smallest absolute Gasteiger partial charge is 0.329 e. The zero-order chi connectivity index (χ0) is 15.6. The van der Waals surface area contributed by atoms with Crippen LogP contribution in [0.4, 0.5) is 0 Å². The lowest BCUT2D eigenvalue weighted by molar-refractivity contribution is 0.247. The lowest BCUT2D eigenvalue weighted by Gasteiger charge is -2.18. The Morgan fingerprint density at radius 1 is 1.38 bits per heavy atom. The van der Waals surface area contributed by atoms with E-state index in [1.165, 1.54) is 12.3 Å². The Hall–Kier alpha value is -2.05. The molecule has 0 unspecified atom stereocenters. The number of aryl methyl sites for hydroxylation is 1. The fourth-order valence-corrected chi connectivity index (χ4v) is 2.39. The number of hydrogen-bond acceptors (Lipinski definition) is 4. The van der Waals surface area contributed by atoms with Crippen molar-refractivity contribution < 1.29 is 5.11 Å². The number of nitrogens with zero attached hydrogens (tertiary/aromatic N) is 2. The summed E-state index contributed by atoms with van der Waals surface area (Å²) in [7, 11) is 1.74. The first-order valence-electron chi connectivity index (χ1n) is 6.33. The van der Waals surface area contributed by atoms with Crippen molar-refractivity contribution in [3.63, 3.8) is 0 Å². The number of aromatic amines is 1. The zero-order valence-electron chi connectivity index (χ0n) is 11.8. The van der Waals surface area contributed by atoms with Crippen molar-refractivity contribution in [2.75, 3.05) is 7.05 Å². The molecule has 0 amide bonds. The molecule has 1 aromatic carbocycles. The van der Waals surface area contributed by atoms with E-state index in [-0.39, 0.29) is 18.0 Å². The van der Waals surface area contributed by atoms with E-state index in [1.54, 1.807) is 31.0 Å². The number of aromatic nitrogens is 2. The Balaban J connectivity index is 2.22. The van der Waals surface area contributed by atoms with Crippen LogP contribution in [0.25, 0.3) is 0 Å². The van der Waals surface area contributed by atoms with E-state index in [2.05, 4.69) is 4.98 Å². The highest BCUT2D eigenvalue weighted by molar-refractivity contribution is 6.30. The summed E-state index contributed by atoms with van der Waals surface area (Å²) in [6, 6.07) is 4.63. The fraction of sp³-hybridized carbons (Fsp3) is 0.286. The first-order chi connectivity index (χ1) is 9.88. The summed E-state index contributed by atoms with van der Waals surface area (Å²) in [5.41, 5.74) is 0.474. The molecule has 2 rings (SSSR count). The van der Waals surface area contributed by atoms with Gasteiger partial charge in [0.2, 0.25) is 0 Å². The van der Waals surface area contributed by atoms with E-state index >= 15 is 0 Å². The topological polar surface area (TPSA) is 78.3 Å². The Morgan fingerprint density at radius 2 is 2.10 bits per heavy atom. The number of phenols is 1. The summed E-state index contributed by atoms with van der Waals surface area (Å²) < 4.78 is 1.08. The van der Waals surface area contributed by atoms with Gasteiger partial charge in [-0.05, 0) is 31.7 Å². The van der Waals surface area contributed by atoms with Gasteiger partial charge in [0, 0.05) is 29.4 Å². The highest BCUT2D eigenvalue weighted by atomic mass is 35.5. The van der Waals surface area contributed by atoms with Gasteiger partial charge in [0.05, 0.1) is 6.67 Å². The number of benzene rings is 1. The van der Waals surface area contributed by atoms with Gasteiger partial charge in [0.25, 0.3) is 5.56 Å². The number of aromatic hydroxyl groups is 1. The molecular weight excluding hydrogens is 294 g/mol. The molecule has 0 atom stereocenters. The van der Waals surface area contributed by atoms with Gasteiger partial charge >= 0.3 is 5.69 Å². The van der Waals surface area contributed by atoms with Gasteiger partial charge < -0.3 is 10.1 Å². The first kappa shape index (κ1) is 15.3. The van der Waals surface area contributed by atoms with E-state index < -0.39 is 5.69 Å². The number of hydrogen-bond donors (Lipinski definition) is 2. The van der Waals surface area contributed by atoms with Crippen LogP contribution in [0.15, 0.2) is 34.0 Å².